The van der Waals surface area contributed by atoms with Crippen LogP contribution in [0.1, 0.15) is 32.1 Å². The number of rotatable bonds is 2. The molecule has 1 aromatic rings. The molecule has 1 saturated carbocycles. The van der Waals surface area contributed by atoms with Crippen molar-refractivity contribution in [3.8, 4) is 5.75 Å². The van der Waals surface area contributed by atoms with E-state index in [4.69, 9.17) is 10.5 Å². The molecule has 2 unspecified atom stereocenters. The number of pyridine rings is 1. The van der Waals surface area contributed by atoms with Crippen molar-refractivity contribution < 1.29 is 4.74 Å². The maximum atomic E-state index is 6.12. The summed E-state index contributed by atoms with van der Waals surface area (Å²) < 4.78 is 6.86. The third-order valence-corrected chi connectivity index (χ3v) is 3.61. The lowest BCUT2D eigenvalue weighted by molar-refractivity contribution is 0.161. The van der Waals surface area contributed by atoms with Gasteiger partial charge in [0.2, 0.25) is 0 Å². The fraction of sp³-hybridized carbons (Fsp3) is 0.583. The summed E-state index contributed by atoms with van der Waals surface area (Å²) in [7, 11) is 0. The highest BCUT2D eigenvalue weighted by atomic mass is 79.9. The van der Waals surface area contributed by atoms with Crippen LogP contribution in [0.2, 0.25) is 0 Å². The third kappa shape index (κ3) is 2.95. The lowest BCUT2D eigenvalue weighted by Crippen LogP contribution is -2.37. The van der Waals surface area contributed by atoms with Crippen LogP contribution in [-0.4, -0.2) is 17.1 Å². The molecule has 4 heteroatoms. The fourth-order valence-corrected chi connectivity index (χ4v) is 2.41. The van der Waals surface area contributed by atoms with E-state index in [1.165, 1.54) is 19.3 Å². The Balaban J connectivity index is 2.05. The van der Waals surface area contributed by atoms with Crippen molar-refractivity contribution in [2.75, 3.05) is 0 Å². The fourth-order valence-electron chi connectivity index (χ4n) is 2.07. The van der Waals surface area contributed by atoms with Gasteiger partial charge in [-0.1, -0.05) is 12.8 Å². The quantitative estimate of drug-likeness (QED) is 0.850. The van der Waals surface area contributed by atoms with Crippen LogP contribution in [0, 0.1) is 0 Å². The zero-order valence-electron chi connectivity index (χ0n) is 9.23. The van der Waals surface area contributed by atoms with E-state index in [0.717, 1.165) is 23.1 Å². The van der Waals surface area contributed by atoms with Crippen molar-refractivity contribution in [3.05, 3.63) is 22.9 Å². The number of hydrogen-bond donors (Lipinski definition) is 1. The molecule has 1 fully saturated rings. The Hall–Kier alpha value is -0.610. The van der Waals surface area contributed by atoms with Crippen LogP contribution in [-0.2, 0) is 0 Å². The predicted octanol–water partition coefficient (Wildman–Crippen LogP) is 2.88. The first-order valence-corrected chi connectivity index (χ1v) is 6.58. The zero-order chi connectivity index (χ0) is 11.4. The van der Waals surface area contributed by atoms with E-state index in [9.17, 15) is 0 Å². The highest BCUT2D eigenvalue weighted by Crippen LogP contribution is 2.27. The molecule has 0 bridgehead atoms. The predicted molar refractivity (Wildman–Crippen MR) is 67.4 cm³/mol. The summed E-state index contributed by atoms with van der Waals surface area (Å²) in [6.07, 6.45) is 9.44. The molecule has 0 amide bonds. The second-order valence-electron chi connectivity index (χ2n) is 4.26. The molecule has 0 radical (unpaired) electrons. The van der Waals surface area contributed by atoms with E-state index in [-0.39, 0.29) is 12.1 Å². The van der Waals surface area contributed by atoms with Gasteiger partial charge in [0.05, 0.1) is 4.47 Å². The van der Waals surface area contributed by atoms with Gasteiger partial charge in [0.25, 0.3) is 0 Å². The maximum Gasteiger partial charge on any atom is 0.137 e. The molecule has 2 N–H and O–H groups in total. The van der Waals surface area contributed by atoms with Crippen LogP contribution in [0.15, 0.2) is 22.9 Å². The number of nitrogens with zero attached hydrogens (tertiary/aromatic N) is 1. The lowest BCUT2D eigenvalue weighted by Gasteiger charge is -2.23. The summed E-state index contributed by atoms with van der Waals surface area (Å²) in [6, 6.07) is 2.03. The van der Waals surface area contributed by atoms with E-state index >= 15 is 0 Å². The topological polar surface area (TPSA) is 48.1 Å². The van der Waals surface area contributed by atoms with Crippen molar-refractivity contribution in [1.82, 2.24) is 4.98 Å². The van der Waals surface area contributed by atoms with E-state index < -0.39 is 0 Å². The standard InChI is InChI=1S/C12H17BrN2O/c13-9-8-15-7-6-11(9)16-12-5-3-1-2-4-10(12)14/h6-8,10,12H,1-5,14H2. The van der Waals surface area contributed by atoms with E-state index in [1.807, 2.05) is 6.07 Å². The summed E-state index contributed by atoms with van der Waals surface area (Å²) in [5.41, 5.74) is 6.12. The molecular weight excluding hydrogens is 268 g/mol. The Bertz CT molecular complexity index is 346. The van der Waals surface area contributed by atoms with Gasteiger partial charge < -0.3 is 10.5 Å². The summed E-state index contributed by atoms with van der Waals surface area (Å²) in [4.78, 5) is 4.02. The van der Waals surface area contributed by atoms with Crippen LogP contribution in [0.25, 0.3) is 0 Å². The first kappa shape index (κ1) is 11.9. The summed E-state index contributed by atoms with van der Waals surface area (Å²) in [6.45, 7) is 0. The monoisotopic (exact) mass is 284 g/mol. The first-order chi connectivity index (χ1) is 7.77. The Kier molecular flexibility index (Phi) is 4.18. The summed E-state index contributed by atoms with van der Waals surface area (Å²) in [5, 5.41) is 0. The van der Waals surface area contributed by atoms with Gasteiger partial charge in [-0.05, 0) is 41.3 Å². The number of halogens is 1. The number of nitrogens with two attached hydrogens (primary N) is 1. The second-order valence-corrected chi connectivity index (χ2v) is 5.12. The van der Waals surface area contributed by atoms with Gasteiger partial charge in [0.1, 0.15) is 11.9 Å². The van der Waals surface area contributed by atoms with E-state index in [1.54, 1.807) is 12.4 Å². The number of aromatic nitrogens is 1. The second kappa shape index (κ2) is 5.64. The van der Waals surface area contributed by atoms with Crippen LogP contribution >= 0.6 is 15.9 Å². The van der Waals surface area contributed by atoms with Crippen LogP contribution in [0.5, 0.6) is 5.75 Å². The Morgan fingerprint density at radius 1 is 1.31 bits per heavy atom. The van der Waals surface area contributed by atoms with Crippen molar-refractivity contribution >= 4 is 15.9 Å². The zero-order valence-corrected chi connectivity index (χ0v) is 10.8. The highest BCUT2D eigenvalue weighted by Gasteiger charge is 2.22. The van der Waals surface area contributed by atoms with Gasteiger partial charge >= 0.3 is 0 Å². The molecule has 0 aliphatic heterocycles. The number of ether oxygens (including phenoxy) is 1. The molecule has 1 heterocycles. The molecule has 3 nitrogen and oxygen atoms in total. The average Bonchev–Trinajstić information content (AvgIpc) is 2.48. The minimum Gasteiger partial charge on any atom is -0.488 e. The van der Waals surface area contributed by atoms with Crippen molar-refractivity contribution in [1.29, 1.82) is 0 Å². The molecule has 0 spiro atoms. The van der Waals surface area contributed by atoms with Gasteiger partial charge in [-0.25, -0.2) is 0 Å². The maximum absolute atomic E-state index is 6.12. The van der Waals surface area contributed by atoms with Crippen LogP contribution in [0.4, 0.5) is 0 Å². The molecule has 0 aromatic carbocycles. The largest absolute Gasteiger partial charge is 0.488 e. The first-order valence-electron chi connectivity index (χ1n) is 5.79. The Morgan fingerprint density at radius 2 is 2.12 bits per heavy atom. The SMILES string of the molecule is NC1CCCCCC1Oc1ccncc1Br. The number of hydrogen-bond acceptors (Lipinski definition) is 3. The van der Waals surface area contributed by atoms with Gasteiger partial charge in [-0.15, -0.1) is 0 Å². The molecular formula is C12H17BrN2O. The minimum absolute atomic E-state index is 0.140. The molecule has 88 valence electrons. The van der Waals surface area contributed by atoms with Crippen molar-refractivity contribution in [2.24, 2.45) is 5.73 Å². The molecule has 0 saturated heterocycles. The lowest BCUT2D eigenvalue weighted by atomic mass is 10.1. The minimum atomic E-state index is 0.140. The smallest absolute Gasteiger partial charge is 0.137 e. The molecule has 2 atom stereocenters. The molecule has 1 aliphatic rings. The average molecular weight is 285 g/mol. The Labute approximate surface area is 105 Å². The van der Waals surface area contributed by atoms with Gasteiger partial charge in [-0.3, -0.25) is 4.98 Å². The summed E-state index contributed by atoms with van der Waals surface area (Å²) in [5.74, 6) is 0.845. The van der Waals surface area contributed by atoms with Gasteiger partial charge in [0.15, 0.2) is 0 Å². The highest BCUT2D eigenvalue weighted by molar-refractivity contribution is 9.10. The van der Waals surface area contributed by atoms with Gasteiger partial charge in [-0.2, -0.15) is 0 Å². The van der Waals surface area contributed by atoms with E-state index in [0.29, 0.717) is 0 Å². The summed E-state index contributed by atoms with van der Waals surface area (Å²) >= 11 is 3.43. The van der Waals surface area contributed by atoms with Crippen LogP contribution in [0.3, 0.4) is 0 Å². The van der Waals surface area contributed by atoms with Crippen LogP contribution < -0.4 is 10.5 Å². The normalized spacial score (nSPS) is 26.1. The van der Waals surface area contributed by atoms with Crippen molar-refractivity contribution in [2.45, 2.75) is 44.2 Å². The van der Waals surface area contributed by atoms with Crippen molar-refractivity contribution in [3.63, 3.8) is 0 Å². The molecule has 2 rings (SSSR count). The molecule has 1 aromatic heterocycles. The molecule has 1 aliphatic carbocycles. The van der Waals surface area contributed by atoms with Gasteiger partial charge in [0, 0.05) is 18.4 Å². The van der Waals surface area contributed by atoms with E-state index in [2.05, 4.69) is 20.9 Å². The molecule has 16 heavy (non-hydrogen) atoms. The Morgan fingerprint density at radius 3 is 2.94 bits per heavy atom. The third-order valence-electron chi connectivity index (χ3n) is 3.02.